The lowest BCUT2D eigenvalue weighted by molar-refractivity contribution is -0.704. The maximum Gasteiger partial charge on any atom is 0.256 e. The molecule has 0 radical (unpaired) electrons. The zero-order valence-corrected chi connectivity index (χ0v) is 19.0. The second kappa shape index (κ2) is 17.3. The zero-order valence-electron chi connectivity index (χ0n) is 19.0. The predicted molar refractivity (Wildman–Crippen MR) is 119 cm³/mol. The minimum absolute atomic E-state index is 1.21. The van der Waals surface area contributed by atoms with Crippen LogP contribution in [0.25, 0.3) is 0 Å². The Bertz CT molecular complexity index is 436. The Labute approximate surface area is 170 Å². The van der Waals surface area contributed by atoms with Crippen LogP contribution in [0.4, 0.5) is 0 Å². The molecule has 0 aliphatic heterocycles. The fourth-order valence-electron chi connectivity index (χ4n) is 4.03. The lowest BCUT2D eigenvalue weighted by Gasteiger charge is -2.06. The quantitative estimate of drug-likeness (QED) is 0.173. The van der Waals surface area contributed by atoms with Gasteiger partial charge in [-0.15, -0.1) is 0 Å². The maximum absolute atomic E-state index is 2.57. The first-order valence-corrected chi connectivity index (χ1v) is 12.4. The van der Waals surface area contributed by atoms with Crippen molar-refractivity contribution in [2.24, 2.45) is 0 Å². The van der Waals surface area contributed by atoms with E-state index in [0.717, 1.165) is 0 Å². The molecule has 2 heteroatoms. The summed E-state index contributed by atoms with van der Waals surface area (Å²) in [7, 11) is 0. The summed E-state index contributed by atoms with van der Waals surface area (Å²) in [5.41, 5.74) is 0. The van der Waals surface area contributed by atoms with Gasteiger partial charge in [-0.2, -0.15) is 0 Å². The molecule has 0 unspecified atom stereocenters. The molecule has 0 aromatic carbocycles. The Morgan fingerprint density at radius 1 is 0.630 bits per heavy atom. The highest BCUT2D eigenvalue weighted by molar-refractivity contribution is 4.84. The number of rotatable bonds is 19. The predicted octanol–water partition coefficient (Wildman–Crippen LogP) is 7.62. The molecule has 1 heterocycles. The molecule has 0 N–H and O–H groups in total. The average molecular weight is 378 g/mol. The molecule has 0 aliphatic carbocycles. The number of nitrogens with zero attached hydrogens (tertiary/aromatic N) is 2. The topological polar surface area (TPSA) is 8.81 Å². The first-order chi connectivity index (χ1) is 13.3. The molecule has 27 heavy (non-hydrogen) atoms. The summed E-state index contributed by atoms with van der Waals surface area (Å²) < 4.78 is 5.12. The van der Waals surface area contributed by atoms with Gasteiger partial charge in [-0.25, -0.2) is 9.13 Å². The summed E-state index contributed by atoms with van der Waals surface area (Å²) in [6.45, 7) is 9.34. The van der Waals surface area contributed by atoms with Gasteiger partial charge >= 0.3 is 0 Å². The summed E-state index contributed by atoms with van der Waals surface area (Å²) in [6.07, 6.45) is 28.1. The van der Waals surface area contributed by atoms with E-state index in [0.29, 0.717) is 0 Å². The Kier molecular flexibility index (Phi) is 15.6. The van der Waals surface area contributed by atoms with Gasteiger partial charge in [0.25, 0.3) is 5.82 Å². The Morgan fingerprint density at radius 2 is 1.15 bits per heavy atom. The first kappa shape index (κ1) is 24.2. The number of aryl methyl sites for hydroxylation is 2. The van der Waals surface area contributed by atoms with Crippen molar-refractivity contribution in [3.8, 4) is 0 Å². The van der Waals surface area contributed by atoms with Crippen LogP contribution in [0, 0.1) is 0 Å². The zero-order chi connectivity index (χ0) is 19.6. The highest BCUT2D eigenvalue weighted by Gasteiger charge is 2.16. The van der Waals surface area contributed by atoms with Crippen LogP contribution < -0.4 is 4.57 Å². The summed E-state index contributed by atoms with van der Waals surface area (Å²) >= 11 is 0. The number of hydrogen-bond donors (Lipinski definition) is 0. The molecule has 1 rings (SSSR count). The van der Waals surface area contributed by atoms with E-state index in [1.165, 1.54) is 122 Å². The van der Waals surface area contributed by atoms with E-state index in [1.807, 2.05) is 0 Å². The van der Waals surface area contributed by atoms with Gasteiger partial charge in [0.2, 0.25) is 0 Å². The van der Waals surface area contributed by atoms with Crippen molar-refractivity contribution in [3.63, 3.8) is 0 Å². The fourth-order valence-corrected chi connectivity index (χ4v) is 4.03. The van der Waals surface area contributed by atoms with Crippen molar-refractivity contribution in [1.82, 2.24) is 4.57 Å². The summed E-state index contributed by atoms with van der Waals surface area (Å²) in [4.78, 5) is 0. The minimum atomic E-state index is 1.21. The highest BCUT2D eigenvalue weighted by Crippen LogP contribution is 2.12. The fraction of sp³-hybridized carbons (Fsp3) is 0.880. The van der Waals surface area contributed by atoms with Gasteiger partial charge in [0.15, 0.2) is 0 Å². The third-order valence-electron chi connectivity index (χ3n) is 5.85. The van der Waals surface area contributed by atoms with Crippen molar-refractivity contribution in [1.29, 1.82) is 0 Å². The van der Waals surface area contributed by atoms with E-state index >= 15 is 0 Å². The van der Waals surface area contributed by atoms with Gasteiger partial charge in [-0.05, 0) is 32.1 Å². The molecule has 0 amide bonds. The Balaban J connectivity index is 2.33. The van der Waals surface area contributed by atoms with Gasteiger partial charge < -0.3 is 0 Å². The van der Waals surface area contributed by atoms with Crippen molar-refractivity contribution in [3.05, 3.63) is 18.2 Å². The summed E-state index contributed by atoms with van der Waals surface area (Å²) in [6, 6.07) is 0. The second-order valence-electron chi connectivity index (χ2n) is 8.45. The van der Waals surface area contributed by atoms with Crippen LogP contribution in [-0.4, -0.2) is 4.57 Å². The lowest BCUT2D eigenvalue weighted by Crippen LogP contribution is -2.37. The van der Waals surface area contributed by atoms with Crippen LogP contribution in [0.15, 0.2) is 12.4 Å². The molecule has 0 fully saturated rings. The molecular weight excluding hydrogens is 328 g/mol. The van der Waals surface area contributed by atoms with Crippen LogP contribution in [0.1, 0.15) is 129 Å². The standard InChI is InChI=1S/C25H49N2/c1-4-7-10-12-13-14-15-16-19-22-27-24-23-26(21-18-11-8-5-2)25(27)20-17-9-6-3/h23-24H,4-22H2,1-3H3/q+1. The van der Waals surface area contributed by atoms with E-state index in [9.17, 15) is 0 Å². The SMILES string of the molecule is CCCCCCCCCCCn1cc[n+](CCCCCC)c1CCCCC. The molecule has 0 saturated heterocycles. The van der Waals surface area contributed by atoms with Crippen LogP contribution in [0.5, 0.6) is 0 Å². The Morgan fingerprint density at radius 3 is 1.78 bits per heavy atom. The maximum atomic E-state index is 2.57. The second-order valence-corrected chi connectivity index (χ2v) is 8.45. The van der Waals surface area contributed by atoms with E-state index in [4.69, 9.17) is 0 Å². The van der Waals surface area contributed by atoms with Gasteiger partial charge in [-0.3, -0.25) is 0 Å². The molecule has 1 aromatic rings. The van der Waals surface area contributed by atoms with Gasteiger partial charge in [0.1, 0.15) is 12.4 Å². The smallest absolute Gasteiger partial charge is 0.234 e. The lowest BCUT2D eigenvalue weighted by atomic mass is 10.1. The molecule has 0 atom stereocenters. The van der Waals surface area contributed by atoms with E-state index < -0.39 is 0 Å². The summed E-state index contributed by atoms with van der Waals surface area (Å²) in [5.74, 6) is 1.58. The van der Waals surface area contributed by atoms with Crippen LogP contribution in [-0.2, 0) is 19.5 Å². The molecule has 0 aliphatic rings. The number of imidazole rings is 1. The van der Waals surface area contributed by atoms with Gasteiger partial charge in [0.05, 0.1) is 13.1 Å². The first-order valence-electron chi connectivity index (χ1n) is 12.4. The largest absolute Gasteiger partial charge is 0.256 e. The van der Waals surface area contributed by atoms with Crippen molar-refractivity contribution < 1.29 is 4.57 Å². The third kappa shape index (κ3) is 11.6. The molecule has 0 spiro atoms. The molecule has 0 bridgehead atoms. The molecule has 2 nitrogen and oxygen atoms in total. The third-order valence-corrected chi connectivity index (χ3v) is 5.85. The molecular formula is C25H49N2+. The van der Waals surface area contributed by atoms with Crippen LogP contribution in [0.2, 0.25) is 0 Å². The van der Waals surface area contributed by atoms with Crippen LogP contribution >= 0.6 is 0 Å². The van der Waals surface area contributed by atoms with E-state index in [1.54, 1.807) is 5.82 Å². The van der Waals surface area contributed by atoms with E-state index in [2.05, 4.69) is 42.3 Å². The molecule has 158 valence electrons. The van der Waals surface area contributed by atoms with Gasteiger partial charge in [0, 0.05) is 6.42 Å². The van der Waals surface area contributed by atoms with E-state index in [-0.39, 0.29) is 0 Å². The van der Waals surface area contributed by atoms with Crippen molar-refractivity contribution in [2.45, 2.75) is 143 Å². The van der Waals surface area contributed by atoms with Crippen molar-refractivity contribution >= 4 is 0 Å². The number of unbranched alkanes of at least 4 members (excludes halogenated alkanes) is 13. The number of hydrogen-bond acceptors (Lipinski definition) is 0. The molecule has 1 aromatic heterocycles. The minimum Gasteiger partial charge on any atom is -0.234 e. The summed E-state index contributed by atoms with van der Waals surface area (Å²) in [5, 5.41) is 0. The average Bonchev–Trinajstić information content (AvgIpc) is 3.06. The van der Waals surface area contributed by atoms with Crippen LogP contribution in [0.3, 0.4) is 0 Å². The monoisotopic (exact) mass is 377 g/mol. The van der Waals surface area contributed by atoms with Crippen molar-refractivity contribution in [2.75, 3.05) is 0 Å². The Hall–Kier alpha value is -0.790. The number of aromatic nitrogens is 2. The highest BCUT2D eigenvalue weighted by atomic mass is 15.1. The normalized spacial score (nSPS) is 11.4. The van der Waals surface area contributed by atoms with Gasteiger partial charge in [-0.1, -0.05) is 91.4 Å². The molecule has 0 saturated carbocycles.